The lowest BCUT2D eigenvalue weighted by atomic mass is 10.3. The monoisotopic (exact) mass is 244 g/mol. The molecule has 1 fully saturated rings. The SMILES string of the molecule is CC1CC1NS(=O)(=O)c1ccc(F)cc1N. The molecule has 0 bridgehead atoms. The molecule has 0 amide bonds. The molecule has 16 heavy (non-hydrogen) atoms. The van der Waals surface area contributed by atoms with Crippen molar-refractivity contribution in [3.8, 4) is 0 Å². The highest BCUT2D eigenvalue weighted by Gasteiger charge is 2.36. The summed E-state index contributed by atoms with van der Waals surface area (Å²) in [6, 6.07) is 3.25. The molecule has 88 valence electrons. The summed E-state index contributed by atoms with van der Waals surface area (Å²) in [5.41, 5.74) is 5.41. The molecule has 1 aliphatic rings. The van der Waals surface area contributed by atoms with Gasteiger partial charge in [0.05, 0.1) is 5.69 Å². The molecule has 2 atom stereocenters. The number of hydrogen-bond donors (Lipinski definition) is 2. The lowest BCUT2D eigenvalue weighted by molar-refractivity contribution is 0.578. The minimum Gasteiger partial charge on any atom is -0.398 e. The number of nitrogens with one attached hydrogen (secondary N) is 1. The number of nitrogen functional groups attached to an aromatic ring is 1. The Bertz CT molecular complexity index is 516. The second-order valence-electron chi connectivity index (χ2n) is 4.12. The molecule has 0 aliphatic heterocycles. The Morgan fingerprint density at radius 2 is 2.12 bits per heavy atom. The van der Waals surface area contributed by atoms with Crippen molar-refractivity contribution in [3.05, 3.63) is 24.0 Å². The Balaban J connectivity index is 2.28. The van der Waals surface area contributed by atoms with Crippen molar-refractivity contribution >= 4 is 15.7 Å². The molecule has 0 heterocycles. The third kappa shape index (κ3) is 2.17. The standard InChI is InChI=1S/C10H13FN2O2S/c1-6-4-9(6)13-16(14,15)10-3-2-7(11)5-8(10)12/h2-3,5-6,9,13H,4,12H2,1H3. The predicted octanol–water partition coefficient (Wildman–Crippen LogP) is 1.09. The normalized spacial score (nSPS) is 24.4. The largest absolute Gasteiger partial charge is 0.398 e. The van der Waals surface area contributed by atoms with Gasteiger partial charge in [-0.2, -0.15) is 0 Å². The third-order valence-electron chi connectivity index (χ3n) is 2.68. The van der Waals surface area contributed by atoms with Crippen LogP contribution in [0.15, 0.2) is 23.1 Å². The van der Waals surface area contributed by atoms with Crippen LogP contribution in [0.5, 0.6) is 0 Å². The Kier molecular flexibility index (Phi) is 2.63. The first-order valence-electron chi connectivity index (χ1n) is 4.97. The van der Waals surface area contributed by atoms with Gasteiger partial charge in [0.25, 0.3) is 0 Å². The van der Waals surface area contributed by atoms with Crippen molar-refractivity contribution < 1.29 is 12.8 Å². The number of nitrogens with two attached hydrogens (primary N) is 1. The molecule has 0 aromatic heterocycles. The molecule has 6 heteroatoms. The zero-order chi connectivity index (χ0) is 11.9. The van der Waals surface area contributed by atoms with Crippen LogP contribution in [0.25, 0.3) is 0 Å². The first kappa shape index (κ1) is 11.3. The van der Waals surface area contributed by atoms with Gasteiger partial charge in [-0.1, -0.05) is 6.92 Å². The van der Waals surface area contributed by atoms with Crippen molar-refractivity contribution in [2.24, 2.45) is 5.92 Å². The molecular formula is C10H13FN2O2S. The molecule has 4 nitrogen and oxygen atoms in total. The Morgan fingerprint density at radius 1 is 1.50 bits per heavy atom. The van der Waals surface area contributed by atoms with Crippen LogP contribution in [-0.2, 0) is 10.0 Å². The summed E-state index contributed by atoms with van der Waals surface area (Å²) in [7, 11) is -3.62. The van der Waals surface area contributed by atoms with E-state index in [1.54, 1.807) is 0 Å². The Morgan fingerprint density at radius 3 is 2.62 bits per heavy atom. The van der Waals surface area contributed by atoms with Crippen LogP contribution in [0.2, 0.25) is 0 Å². The molecule has 0 spiro atoms. The van der Waals surface area contributed by atoms with Gasteiger partial charge < -0.3 is 5.73 Å². The fourth-order valence-corrected chi connectivity index (χ4v) is 2.98. The number of hydrogen-bond acceptors (Lipinski definition) is 3. The summed E-state index contributed by atoms with van der Waals surface area (Å²) in [6.07, 6.45) is 0.834. The van der Waals surface area contributed by atoms with Crippen molar-refractivity contribution in [2.75, 3.05) is 5.73 Å². The van der Waals surface area contributed by atoms with Crippen LogP contribution in [0, 0.1) is 11.7 Å². The summed E-state index contributed by atoms with van der Waals surface area (Å²) < 4.78 is 39.0. The smallest absolute Gasteiger partial charge is 0.242 e. The van der Waals surface area contributed by atoms with Crippen molar-refractivity contribution in [3.63, 3.8) is 0 Å². The molecule has 0 saturated heterocycles. The fraction of sp³-hybridized carbons (Fsp3) is 0.400. The van der Waals surface area contributed by atoms with E-state index >= 15 is 0 Å². The zero-order valence-electron chi connectivity index (χ0n) is 8.77. The zero-order valence-corrected chi connectivity index (χ0v) is 9.59. The van der Waals surface area contributed by atoms with E-state index in [9.17, 15) is 12.8 Å². The van der Waals surface area contributed by atoms with Crippen LogP contribution in [-0.4, -0.2) is 14.5 Å². The average Bonchev–Trinajstić information content (AvgIpc) is 2.79. The number of rotatable bonds is 3. The highest BCUT2D eigenvalue weighted by molar-refractivity contribution is 7.89. The number of benzene rings is 1. The van der Waals surface area contributed by atoms with Gasteiger partial charge in [-0.3, -0.25) is 0 Å². The van der Waals surface area contributed by atoms with E-state index in [-0.39, 0.29) is 16.6 Å². The van der Waals surface area contributed by atoms with Crippen LogP contribution in [0.4, 0.5) is 10.1 Å². The topological polar surface area (TPSA) is 72.2 Å². The summed E-state index contributed by atoms with van der Waals surface area (Å²) in [5, 5.41) is 0. The van der Waals surface area contributed by atoms with Gasteiger partial charge in [0, 0.05) is 6.04 Å². The van der Waals surface area contributed by atoms with E-state index in [0.717, 1.165) is 18.6 Å². The molecule has 1 saturated carbocycles. The van der Waals surface area contributed by atoms with E-state index in [0.29, 0.717) is 5.92 Å². The second-order valence-corrected chi connectivity index (χ2v) is 5.81. The molecule has 1 aromatic carbocycles. The van der Waals surface area contributed by atoms with Gasteiger partial charge in [0.15, 0.2) is 0 Å². The van der Waals surface area contributed by atoms with Crippen LogP contribution < -0.4 is 10.5 Å². The van der Waals surface area contributed by atoms with Crippen molar-refractivity contribution in [1.82, 2.24) is 4.72 Å². The van der Waals surface area contributed by atoms with Crippen LogP contribution >= 0.6 is 0 Å². The molecule has 1 aliphatic carbocycles. The average molecular weight is 244 g/mol. The maximum Gasteiger partial charge on any atom is 0.242 e. The van der Waals surface area contributed by atoms with Gasteiger partial charge in [-0.25, -0.2) is 17.5 Å². The third-order valence-corrected chi connectivity index (χ3v) is 4.24. The van der Waals surface area contributed by atoms with Crippen molar-refractivity contribution in [1.29, 1.82) is 0 Å². The number of anilines is 1. The van der Waals surface area contributed by atoms with Gasteiger partial charge in [-0.05, 0) is 30.5 Å². The van der Waals surface area contributed by atoms with E-state index in [4.69, 9.17) is 5.73 Å². The second kappa shape index (κ2) is 3.71. The molecular weight excluding hydrogens is 231 g/mol. The Labute approximate surface area is 93.7 Å². The fourth-order valence-electron chi connectivity index (χ4n) is 1.51. The maximum atomic E-state index is 12.8. The van der Waals surface area contributed by atoms with E-state index in [2.05, 4.69) is 4.72 Å². The van der Waals surface area contributed by atoms with Crippen molar-refractivity contribution in [2.45, 2.75) is 24.3 Å². The van der Waals surface area contributed by atoms with Crippen LogP contribution in [0.3, 0.4) is 0 Å². The quantitative estimate of drug-likeness (QED) is 0.782. The minimum atomic E-state index is -3.62. The molecule has 0 radical (unpaired) electrons. The maximum absolute atomic E-state index is 12.8. The highest BCUT2D eigenvalue weighted by atomic mass is 32.2. The minimum absolute atomic E-state index is 0.0190. The molecule has 3 N–H and O–H groups in total. The lowest BCUT2D eigenvalue weighted by Gasteiger charge is -2.08. The summed E-state index contributed by atoms with van der Waals surface area (Å²) in [4.78, 5) is -0.0620. The van der Waals surface area contributed by atoms with E-state index in [1.165, 1.54) is 6.07 Å². The molecule has 2 rings (SSSR count). The summed E-state index contributed by atoms with van der Waals surface area (Å²) in [6.45, 7) is 1.96. The highest BCUT2D eigenvalue weighted by Crippen LogP contribution is 2.31. The number of halogens is 1. The lowest BCUT2D eigenvalue weighted by Crippen LogP contribution is -2.27. The number of sulfonamides is 1. The molecule has 1 aromatic rings. The first-order chi connectivity index (χ1) is 7.40. The van der Waals surface area contributed by atoms with Crippen LogP contribution in [0.1, 0.15) is 13.3 Å². The van der Waals surface area contributed by atoms with E-state index in [1.807, 2.05) is 6.92 Å². The van der Waals surface area contributed by atoms with Gasteiger partial charge in [-0.15, -0.1) is 0 Å². The molecule has 2 unspecified atom stereocenters. The van der Waals surface area contributed by atoms with E-state index < -0.39 is 15.8 Å². The summed E-state index contributed by atoms with van der Waals surface area (Å²) >= 11 is 0. The predicted molar refractivity (Wildman–Crippen MR) is 58.7 cm³/mol. The first-order valence-corrected chi connectivity index (χ1v) is 6.46. The van der Waals surface area contributed by atoms with Gasteiger partial charge >= 0.3 is 0 Å². The summed E-state index contributed by atoms with van der Waals surface area (Å²) in [5.74, 6) is -0.187. The Hall–Kier alpha value is -1.14. The van der Waals surface area contributed by atoms with Gasteiger partial charge in [0.1, 0.15) is 10.7 Å². The van der Waals surface area contributed by atoms with Gasteiger partial charge in [0.2, 0.25) is 10.0 Å².